The van der Waals surface area contributed by atoms with Gasteiger partial charge in [0.25, 0.3) is 0 Å². The largest absolute Gasteiger partial charge is 0.313 e. The maximum absolute atomic E-state index is 3.68. The van der Waals surface area contributed by atoms with Gasteiger partial charge in [0, 0.05) is 11.3 Å². The lowest BCUT2D eigenvalue weighted by atomic mass is 10.0. The van der Waals surface area contributed by atoms with Gasteiger partial charge in [-0.1, -0.05) is 39.5 Å². The molecule has 1 fully saturated rings. The predicted octanol–water partition coefficient (Wildman–Crippen LogP) is 3.83. The molecule has 0 saturated carbocycles. The first kappa shape index (κ1) is 13.4. The van der Waals surface area contributed by atoms with E-state index in [2.05, 4.69) is 30.9 Å². The van der Waals surface area contributed by atoms with E-state index in [1.165, 1.54) is 50.7 Å². The third kappa shape index (κ3) is 5.26. The van der Waals surface area contributed by atoms with Crippen LogP contribution in [0.15, 0.2) is 0 Å². The number of hydrogen-bond acceptors (Lipinski definition) is 2. The fourth-order valence-corrected chi connectivity index (χ4v) is 3.83. The van der Waals surface area contributed by atoms with Crippen LogP contribution >= 0.6 is 11.8 Å². The van der Waals surface area contributed by atoms with E-state index in [-0.39, 0.29) is 0 Å². The highest BCUT2D eigenvalue weighted by molar-refractivity contribution is 8.00. The fraction of sp³-hybridized carbons (Fsp3) is 1.00. The second-order valence-electron chi connectivity index (χ2n) is 4.56. The summed E-state index contributed by atoms with van der Waals surface area (Å²) in [4.78, 5) is 0. The second-order valence-corrected chi connectivity index (χ2v) is 5.91. The molecule has 2 unspecified atom stereocenters. The van der Waals surface area contributed by atoms with Crippen molar-refractivity contribution in [1.82, 2.24) is 5.32 Å². The highest BCUT2D eigenvalue weighted by Crippen LogP contribution is 2.30. The quantitative estimate of drug-likeness (QED) is 0.635. The lowest BCUT2D eigenvalue weighted by molar-refractivity contribution is 0.446. The number of thioether (sulfide) groups is 1. The van der Waals surface area contributed by atoms with Crippen LogP contribution in [0.3, 0.4) is 0 Å². The molecule has 0 aromatic rings. The summed E-state index contributed by atoms with van der Waals surface area (Å²) in [5, 5.41) is 4.59. The molecular weight excluding hydrogens is 202 g/mol. The molecule has 1 nitrogen and oxygen atoms in total. The molecule has 0 bridgehead atoms. The molecule has 90 valence electrons. The Bertz CT molecular complexity index is 143. The van der Waals surface area contributed by atoms with E-state index in [4.69, 9.17) is 0 Å². The van der Waals surface area contributed by atoms with Gasteiger partial charge in [-0.15, -0.1) is 0 Å². The summed E-state index contributed by atoms with van der Waals surface area (Å²) in [6.07, 6.45) is 9.88. The van der Waals surface area contributed by atoms with Crippen LogP contribution in [0.25, 0.3) is 0 Å². The Morgan fingerprint density at radius 3 is 2.73 bits per heavy atom. The van der Waals surface area contributed by atoms with Gasteiger partial charge in [0.2, 0.25) is 0 Å². The zero-order valence-electron chi connectivity index (χ0n) is 10.4. The predicted molar refractivity (Wildman–Crippen MR) is 71.7 cm³/mol. The van der Waals surface area contributed by atoms with Crippen molar-refractivity contribution in [2.45, 2.75) is 70.1 Å². The Morgan fingerprint density at radius 1 is 1.27 bits per heavy atom. The first-order chi connectivity index (χ1) is 7.38. The molecule has 1 aliphatic heterocycles. The van der Waals surface area contributed by atoms with Gasteiger partial charge in [-0.2, -0.15) is 11.8 Å². The normalized spacial score (nSPS) is 23.2. The minimum atomic E-state index is 0.791. The molecule has 0 aromatic heterocycles. The minimum Gasteiger partial charge on any atom is -0.313 e. The summed E-state index contributed by atoms with van der Waals surface area (Å²) in [5.41, 5.74) is 0. The molecule has 1 N–H and O–H groups in total. The van der Waals surface area contributed by atoms with Crippen molar-refractivity contribution in [2.24, 2.45) is 0 Å². The van der Waals surface area contributed by atoms with Crippen LogP contribution in [0.1, 0.15) is 58.8 Å². The molecule has 0 radical (unpaired) electrons. The van der Waals surface area contributed by atoms with Gasteiger partial charge in [-0.05, 0) is 31.6 Å². The van der Waals surface area contributed by atoms with Gasteiger partial charge in [0.1, 0.15) is 0 Å². The molecule has 2 atom stereocenters. The van der Waals surface area contributed by atoms with E-state index in [1.807, 2.05) is 0 Å². The van der Waals surface area contributed by atoms with Gasteiger partial charge in [0.15, 0.2) is 0 Å². The third-order valence-corrected chi connectivity index (χ3v) is 4.77. The second kappa shape index (κ2) is 8.46. The summed E-state index contributed by atoms with van der Waals surface area (Å²) < 4.78 is 0. The van der Waals surface area contributed by atoms with Crippen LogP contribution in [0.2, 0.25) is 0 Å². The third-order valence-electron chi connectivity index (χ3n) is 3.25. The molecule has 1 aliphatic rings. The maximum atomic E-state index is 3.68. The summed E-state index contributed by atoms with van der Waals surface area (Å²) in [5.74, 6) is 1.39. The summed E-state index contributed by atoms with van der Waals surface area (Å²) >= 11 is 2.19. The monoisotopic (exact) mass is 229 g/mol. The number of nitrogens with one attached hydrogen (secondary N) is 1. The zero-order chi connectivity index (χ0) is 10.9. The Balaban J connectivity index is 2.17. The lowest BCUT2D eigenvalue weighted by Gasteiger charge is -2.23. The van der Waals surface area contributed by atoms with E-state index < -0.39 is 0 Å². The van der Waals surface area contributed by atoms with E-state index in [1.54, 1.807) is 0 Å². The molecule has 0 spiro atoms. The Labute approximate surface area is 99.8 Å². The minimum absolute atomic E-state index is 0.791. The smallest absolute Gasteiger partial charge is 0.0201 e. The van der Waals surface area contributed by atoms with Gasteiger partial charge < -0.3 is 5.32 Å². The van der Waals surface area contributed by atoms with Crippen LogP contribution in [-0.4, -0.2) is 23.6 Å². The standard InChI is InChI=1S/C13H27NS/c1-3-5-6-7-9-12(14-4-2)13-10-8-11-15-13/h12-14H,3-11H2,1-2H3. The van der Waals surface area contributed by atoms with Crippen LogP contribution in [-0.2, 0) is 0 Å². The first-order valence-corrected chi connectivity index (χ1v) is 7.78. The average molecular weight is 229 g/mol. The molecule has 0 amide bonds. The summed E-state index contributed by atoms with van der Waals surface area (Å²) in [7, 11) is 0. The highest BCUT2D eigenvalue weighted by atomic mass is 32.2. The van der Waals surface area contributed by atoms with Crippen molar-refractivity contribution in [3.05, 3.63) is 0 Å². The molecule has 0 aromatic carbocycles. The van der Waals surface area contributed by atoms with E-state index >= 15 is 0 Å². The number of hydrogen-bond donors (Lipinski definition) is 1. The Morgan fingerprint density at radius 2 is 2.13 bits per heavy atom. The van der Waals surface area contributed by atoms with Crippen molar-refractivity contribution in [3.63, 3.8) is 0 Å². The first-order valence-electron chi connectivity index (χ1n) is 6.73. The molecule has 1 heterocycles. The van der Waals surface area contributed by atoms with Gasteiger partial charge >= 0.3 is 0 Å². The van der Waals surface area contributed by atoms with Crippen molar-refractivity contribution in [2.75, 3.05) is 12.3 Å². The van der Waals surface area contributed by atoms with Crippen molar-refractivity contribution >= 4 is 11.8 Å². The van der Waals surface area contributed by atoms with Gasteiger partial charge in [-0.3, -0.25) is 0 Å². The SMILES string of the molecule is CCCCCCC(NCC)C1CCCS1. The van der Waals surface area contributed by atoms with Crippen LogP contribution in [0.5, 0.6) is 0 Å². The molecule has 15 heavy (non-hydrogen) atoms. The Hall–Kier alpha value is 0.310. The van der Waals surface area contributed by atoms with E-state index in [0.717, 1.165) is 17.8 Å². The van der Waals surface area contributed by atoms with E-state index in [0.29, 0.717) is 0 Å². The molecule has 1 rings (SSSR count). The molecule has 2 heteroatoms. The molecular formula is C13H27NS. The van der Waals surface area contributed by atoms with Crippen LogP contribution < -0.4 is 5.32 Å². The zero-order valence-corrected chi connectivity index (χ0v) is 11.2. The molecule has 0 aliphatic carbocycles. The summed E-state index contributed by atoms with van der Waals surface area (Å²) in [6.45, 7) is 5.66. The van der Waals surface area contributed by atoms with Gasteiger partial charge in [0.05, 0.1) is 0 Å². The maximum Gasteiger partial charge on any atom is 0.0201 e. The Kier molecular flexibility index (Phi) is 7.54. The van der Waals surface area contributed by atoms with Gasteiger partial charge in [-0.25, -0.2) is 0 Å². The van der Waals surface area contributed by atoms with Crippen LogP contribution in [0.4, 0.5) is 0 Å². The number of unbranched alkanes of at least 4 members (excludes halogenated alkanes) is 3. The average Bonchev–Trinajstić information content (AvgIpc) is 2.76. The lowest BCUT2D eigenvalue weighted by Crippen LogP contribution is -2.36. The number of rotatable bonds is 8. The van der Waals surface area contributed by atoms with Crippen molar-refractivity contribution in [1.29, 1.82) is 0 Å². The summed E-state index contributed by atoms with van der Waals surface area (Å²) in [6, 6.07) is 0.791. The highest BCUT2D eigenvalue weighted by Gasteiger charge is 2.24. The molecule has 1 saturated heterocycles. The van der Waals surface area contributed by atoms with Crippen molar-refractivity contribution < 1.29 is 0 Å². The van der Waals surface area contributed by atoms with Crippen LogP contribution in [0, 0.1) is 0 Å². The van der Waals surface area contributed by atoms with E-state index in [9.17, 15) is 0 Å². The topological polar surface area (TPSA) is 12.0 Å². The van der Waals surface area contributed by atoms with Crippen molar-refractivity contribution in [3.8, 4) is 0 Å². The fourth-order valence-electron chi connectivity index (χ4n) is 2.39.